The molecule has 0 bridgehead atoms. The van der Waals surface area contributed by atoms with Gasteiger partial charge in [0.15, 0.2) is 0 Å². The molecular formula is C26H46. The first-order valence-electron chi connectivity index (χ1n) is 12.4. The second-order valence-electron chi connectivity index (χ2n) is 12.1. The van der Waals surface area contributed by atoms with Gasteiger partial charge in [0.05, 0.1) is 0 Å². The summed E-state index contributed by atoms with van der Waals surface area (Å²) in [5, 5.41) is 0. The molecule has 4 rings (SSSR count). The third kappa shape index (κ3) is 3.00. The van der Waals surface area contributed by atoms with Crippen LogP contribution >= 0.6 is 0 Å². The van der Waals surface area contributed by atoms with Gasteiger partial charge in [-0.15, -0.1) is 0 Å². The van der Waals surface area contributed by atoms with Gasteiger partial charge >= 0.3 is 0 Å². The van der Waals surface area contributed by atoms with Crippen molar-refractivity contribution >= 4 is 0 Å². The van der Waals surface area contributed by atoms with Crippen molar-refractivity contribution < 1.29 is 0 Å². The van der Waals surface area contributed by atoms with Crippen LogP contribution in [-0.2, 0) is 0 Å². The lowest BCUT2D eigenvalue weighted by Crippen LogP contribution is -2.53. The van der Waals surface area contributed by atoms with E-state index >= 15 is 0 Å². The molecule has 0 aromatic heterocycles. The average molecular weight is 359 g/mol. The number of hydrogen-bond acceptors (Lipinski definition) is 0. The maximum absolute atomic E-state index is 2.74. The van der Waals surface area contributed by atoms with E-state index in [0.29, 0.717) is 10.8 Å². The van der Waals surface area contributed by atoms with Crippen LogP contribution in [-0.4, -0.2) is 0 Å². The molecule has 4 saturated carbocycles. The first kappa shape index (κ1) is 19.3. The summed E-state index contributed by atoms with van der Waals surface area (Å²) < 4.78 is 0. The SMILES string of the molecule is CC(C)CC[C@@H](C)[C@H]1CC[C@H]2[C@@H]3CC[C@H]4CCCC[C@]4(C)[C@H]3CC[C@]12C. The summed E-state index contributed by atoms with van der Waals surface area (Å²) in [7, 11) is 0. The zero-order chi connectivity index (χ0) is 18.5. The summed E-state index contributed by atoms with van der Waals surface area (Å²) in [5.41, 5.74) is 1.39. The Labute approximate surface area is 164 Å². The van der Waals surface area contributed by atoms with Crippen LogP contribution in [0.1, 0.15) is 112 Å². The average Bonchev–Trinajstić information content (AvgIpc) is 2.96. The number of rotatable bonds is 4. The molecule has 0 aromatic rings. The van der Waals surface area contributed by atoms with E-state index in [1.54, 1.807) is 51.4 Å². The van der Waals surface area contributed by atoms with E-state index in [2.05, 4.69) is 34.6 Å². The highest BCUT2D eigenvalue weighted by Gasteiger charge is 2.59. The van der Waals surface area contributed by atoms with Crippen LogP contribution in [0.2, 0.25) is 0 Å². The van der Waals surface area contributed by atoms with Crippen LogP contribution in [0.25, 0.3) is 0 Å². The lowest BCUT2D eigenvalue weighted by Gasteiger charge is -2.61. The highest BCUT2D eigenvalue weighted by Crippen LogP contribution is 2.68. The molecule has 0 heteroatoms. The Kier molecular flexibility index (Phi) is 5.28. The van der Waals surface area contributed by atoms with E-state index < -0.39 is 0 Å². The molecule has 0 radical (unpaired) electrons. The van der Waals surface area contributed by atoms with Crippen molar-refractivity contribution in [3.63, 3.8) is 0 Å². The second-order valence-corrected chi connectivity index (χ2v) is 12.1. The molecule has 8 atom stereocenters. The Balaban J connectivity index is 1.51. The van der Waals surface area contributed by atoms with Crippen LogP contribution in [0.3, 0.4) is 0 Å². The van der Waals surface area contributed by atoms with E-state index in [9.17, 15) is 0 Å². The fourth-order valence-electron chi connectivity index (χ4n) is 9.07. The minimum atomic E-state index is 0.676. The van der Waals surface area contributed by atoms with Gasteiger partial charge < -0.3 is 0 Å². The van der Waals surface area contributed by atoms with Gasteiger partial charge in [0.1, 0.15) is 0 Å². The van der Waals surface area contributed by atoms with Crippen LogP contribution in [0.15, 0.2) is 0 Å². The summed E-state index contributed by atoms with van der Waals surface area (Å²) in [6.07, 6.45) is 18.4. The maximum Gasteiger partial charge on any atom is -0.0264 e. The summed E-state index contributed by atoms with van der Waals surface area (Å²) in [5.74, 6) is 7.13. The third-order valence-electron chi connectivity index (χ3n) is 10.5. The Morgan fingerprint density at radius 3 is 2.27 bits per heavy atom. The maximum atomic E-state index is 2.74. The Morgan fingerprint density at radius 2 is 1.50 bits per heavy atom. The van der Waals surface area contributed by atoms with Crippen LogP contribution in [0, 0.1) is 52.3 Å². The molecule has 0 aliphatic heterocycles. The van der Waals surface area contributed by atoms with Gasteiger partial charge in [-0.05, 0) is 104 Å². The first-order valence-corrected chi connectivity index (χ1v) is 12.4. The molecular weight excluding hydrogens is 312 g/mol. The standard InChI is InChI=1S/C26H46/c1-18(2)9-10-19(3)22-13-14-23-21-12-11-20-8-6-7-16-25(20,4)24(21)15-17-26(22,23)5/h18-24H,6-17H2,1-5H3/t19-,20-,21+,22-,23+,24+,25+,26-/m1/s1. The topological polar surface area (TPSA) is 0 Å². The minimum absolute atomic E-state index is 0.676. The summed E-state index contributed by atoms with van der Waals surface area (Å²) >= 11 is 0. The molecule has 4 aliphatic rings. The van der Waals surface area contributed by atoms with Crippen LogP contribution in [0.4, 0.5) is 0 Å². The van der Waals surface area contributed by atoms with Gasteiger partial charge in [0.25, 0.3) is 0 Å². The van der Waals surface area contributed by atoms with Crippen molar-refractivity contribution in [2.24, 2.45) is 52.3 Å². The van der Waals surface area contributed by atoms with Crippen molar-refractivity contribution in [1.82, 2.24) is 0 Å². The Morgan fingerprint density at radius 1 is 0.731 bits per heavy atom. The smallest absolute Gasteiger partial charge is 0.0264 e. The fourth-order valence-corrected chi connectivity index (χ4v) is 9.07. The van der Waals surface area contributed by atoms with Gasteiger partial charge in [-0.25, -0.2) is 0 Å². The van der Waals surface area contributed by atoms with E-state index in [0.717, 1.165) is 41.4 Å². The first-order chi connectivity index (χ1) is 12.4. The van der Waals surface area contributed by atoms with Crippen molar-refractivity contribution in [2.45, 2.75) is 112 Å². The van der Waals surface area contributed by atoms with E-state index in [1.807, 2.05) is 0 Å². The van der Waals surface area contributed by atoms with Crippen LogP contribution < -0.4 is 0 Å². The highest BCUT2D eigenvalue weighted by molar-refractivity contribution is 5.09. The highest BCUT2D eigenvalue weighted by atomic mass is 14.6. The van der Waals surface area contributed by atoms with Crippen molar-refractivity contribution in [3.8, 4) is 0 Å². The Bertz CT molecular complexity index is 492. The fraction of sp³-hybridized carbons (Fsp3) is 1.00. The molecule has 26 heavy (non-hydrogen) atoms. The Hall–Kier alpha value is 0. The van der Waals surface area contributed by atoms with Crippen molar-refractivity contribution in [1.29, 1.82) is 0 Å². The van der Waals surface area contributed by atoms with Gasteiger partial charge in [0.2, 0.25) is 0 Å². The zero-order valence-electron chi connectivity index (χ0n) is 18.5. The normalized spacial score (nSPS) is 49.4. The van der Waals surface area contributed by atoms with Crippen molar-refractivity contribution in [2.75, 3.05) is 0 Å². The number of hydrogen-bond donors (Lipinski definition) is 0. The predicted molar refractivity (Wildman–Crippen MR) is 113 cm³/mol. The van der Waals surface area contributed by atoms with Gasteiger partial charge in [0, 0.05) is 0 Å². The second kappa shape index (κ2) is 7.11. The lowest BCUT2D eigenvalue weighted by molar-refractivity contribution is -0.114. The zero-order valence-corrected chi connectivity index (χ0v) is 18.5. The van der Waals surface area contributed by atoms with Crippen LogP contribution in [0.5, 0.6) is 0 Å². The minimum Gasteiger partial charge on any atom is -0.0628 e. The van der Waals surface area contributed by atoms with Gasteiger partial charge in [-0.3, -0.25) is 0 Å². The molecule has 0 aromatic carbocycles. The molecule has 0 heterocycles. The summed E-state index contributed by atoms with van der Waals surface area (Å²) in [6.45, 7) is 12.9. The van der Waals surface area contributed by atoms with E-state index in [4.69, 9.17) is 0 Å². The largest absolute Gasteiger partial charge is 0.0628 e. The van der Waals surface area contributed by atoms with E-state index in [1.165, 1.54) is 25.7 Å². The molecule has 0 nitrogen and oxygen atoms in total. The predicted octanol–water partition coefficient (Wildman–Crippen LogP) is 8.11. The monoisotopic (exact) mass is 358 g/mol. The molecule has 0 spiro atoms. The molecule has 150 valence electrons. The van der Waals surface area contributed by atoms with Crippen molar-refractivity contribution in [3.05, 3.63) is 0 Å². The third-order valence-corrected chi connectivity index (χ3v) is 10.5. The summed E-state index contributed by atoms with van der Waals surface area (Å²) in [6, 6.07) is 0. The van der Waals surface area contributed by atoms with E-state index in [-0.39, 0.29) is 0 Å². The molecule has 0 saturated heterocycles. The molecule has 0 N–H and O–H groups in total. The number of fused-ring (bicyclic) bond motifs is 5. The van der Waals surface area contributed by atoms with Gasteiger partial charge in [-0.1, -0.05) is 60.3 Å². The molecule has 4 aliphatic carbocycles. The quantitative estimate of drug-likeness (QED) is 0.476. The molecule has 0 unspecified atom stereocenters. The van der Waals surface area contributed by atoms with Gasteiger partial charge in [-0.2, -0.15) is 0 Å². The molecule has 0 amide bonds. The summed E-state index contributed by atoms with van der Waals surface area (Å²) in [4.78, 5) is 0. The lowest BCUT2D eigenvalue weighted by atomic mass is 9.44. The molecule has 4 fully saturated rings.